The van der Waals surface area contributed by atoms with E-state index in [1.807, 2.05) is 6.92 Å². The minimum atomic E-state index is -1.36. The van der Waals surface area contributed by atoms with E-state index in [-0.39, 0.29) is 5.97 Å². The van der Waals surface area contributed by atoms with Crippen molar-refractivity contribution >= 4 is 14.0 Å². The van der Waals surface area contributed by atoms with Crippen LogP contribution in [0.15, 0.2) is 0 Å². The van der Waals surface area contributed by atoms with E-state index in [4.69, 9.17) is 4.74 Å². The van der Waals surface area contributed by atoms with Crippen molar-refractivity contribution in [3.8, 4) is 0 Å². The molecule has 0 radical (unpaired) electrons. The SMILES string of the molecule is CCOC(=O)C[Si](C)(C)C(C)C. The highest BCUT2D eigenvalue weighted by molar-refractivity contribution is 6.81. The van der Waals surface area contributed by atoms with E-state index in [0.29, 0.717) is 18.2 Å². The Morgan fingerprint density at radius 1 is 1.42 bits per heavy atom. The predicted octanol–water partition coefficient (Wildman–Crippen LogP) is 2.67. The van der Waals surface area contributed by atoms with Crippen LogP contribution in [-0.2, 0) is 9.53 Å². The van der Waals surface area contributed by atoms with E-state index in [1.54, 1.807) is 0 Å². The molecule has 0 saturated carbocycles. The molecule has 72 valence electrons. The van der Waals surface area contributed by atoms with Gasteiger partial charge in [0, 0.05) is 6.04 Å². The molecule has 0 aromatic rings. The van der Waals surface area contributed by atoms with Gasteiger partial charge in [0.2, 0.25) is 0 Å². The largest absolute Gasteiger partial charge is 0.466 e. The molecule has 0 fully saturated rings. The van der Waals surface area contributed by atoms with E-state index in [1.165, 1.54) is 0 Å². The average molecular weight is 188 g/mol. The van der Waals surface area contributed by atoms with Crippen LogP contribution in [0.1, 0.15) is 20.8 Å². The molecule has 0 heterocycles. The summed E-state index contributed by atoms with van der Waals surface area (Å²) in [5.41, 5.74) is 0.641. The molecule has 0 aliphatic heterocycles. The molecule has 3 heteroatoms. The molecule has 0 spiro atoms. The van der Waals surface area contributed by atoms with Crippen LogP contribution < -0.4 is 0 Å². The number of hydrogen-bond donors (Lipinski definition) is 0. The van der Waals surface area contributed by atoms with Gasteiger partial charge in [-0.1, -0.05) is 32.5 Å². The fourth-order valence-corrected chi connectivity index (χ4v) is 2.04. The van der Waals surface area contributed by atoms with E-state index in [0.717, 1.165) is 0 Å². The van der Waals surface area contributed by atoms with Crippen LogP contribution in [0.25, 0.3) is 0 Å². The van der Waals surface area contributed by atoms with Crippen molar-refractivity contribution < 1.29 is 9.53 Å². The molecule has 0 bridgehead atoms. The molecule has 0 aromatic heterocycles. The zero-order valence-electron chi connectivity index (χ0n) is 8.81. The summed E-state index contributed by atoms with van der Waals surface area (Å²) in [7, 11) is -1.36. The number of rotatable bonds is 4. The summed E-state index contributed by atoms with van der Waals surface area (Å²) < 4.78 is 4.92. The first-order valence-electron chi connectivity index (χ1n) is 4.55. The van der Waals surface area contributed by atoms with Gasteiger partial charge in [-0.2, -0.15) is 0 Å². The minimum Gasteiger partial charge on any atom is -0.466 e. The smallest absolute Gasteiger partial charge is 0.303 e. The highest BCUT2D eigenvalue weighted by Crippen LogP contribution is 2.24. The molecule has 0 amide bonds. The zero-order valence-corrected chi connectivity index (χ0v) is 9.81. The van der Waals surface area contributed by atoms with Crippen LogP contribution >= 0.6 is 0 Å². The maximum Gasteiger partial charge on any atom is 0.303 e. The van der Waals surface area contributed by atoms with Crippen LogP contribution in [0.4, 0.5) is 0 Å². The van der Waals surface area contributed by atoms with E-state index >= 15 is 0 Å². The first-order chi connectivity index (χ1) is 5.40. The molecule has 0 N–H and O–H groups in total. The lowest BCUT2D eigenvalue weighted by atomic mass is 10.6. The summed E-state index contributed by atoms with van der Waals surface area (Å²) in [6.45, 7) is 11.2. The topological polar surface area (TPSA) is 26.3 Å². The third kappa shape index (κ3) is 3.90. The summed E-state index contributed by atoms with van der Waals surface area (Å²) >= 11 is 0. The number of esters is 1. The Balaban J connectivity index is 3.97. The third-order valence-corrected chi connectivity index (χ3v) is 6.79. The Bertz CT molecular complexity index is 153. The Morgan fingerprint density at radius 2 is 1.92 bits per heavy atom. The van der Waals surface area contributed by atoms with Crippen molar-refractivity contribution in [2.24, 2.45) is 0 Å². The predicted molar refractivity (Wildman–Crippen MR) is 54.0 cm³/mol. The summed E-state index contributed by atoms with van der Waals surface area (Å²) in [5, 5.41) is 0. The fraction of sp³-hybridized carbons (Fsp3) is 0.889. The lowest BCUT2D eigenvalue weighted by molar-refractivity contribution is -0.140. The Hall–Kier alpha value is -0.313. The van der Waals surface area contributed by atoms with Gasteiger partial charge in [-0.25, -0.2) is 0 Å². The second kappa shape index (κ2) is 4.65. The van der Waals surface area contributed by atoms with Crippen LogP contribution in [0.2, 0.25) is 24.7 Å². The third-order valence-electron chi connectivity index (χ3n) is 2.47. The van der Waals surface area contributed by atoms with Gasteiger partial charge < -0.3 is 4.74 Å². The number of carbonyl (C=O) groups is 1. The van der Waals surface area contributed by atoms with E-state index in [9.17, 15) is 4.79 Å². The minimum absolute atomic E-state index is 0.0251. The van der Waals surface area contributed by atoms with E-state index in [2.05, 4.69) is 26.9 Å². The van der Waals surface area contributed by atoms with Gasteiger partial charge >= 0.3 is 5.97 Å². The van der Waals surface area contributed by atoms with Crippen LogP contribution in [0, 0.1) is 0 Å². The van der Waals surface area contributed by atoms with Gasteiger partial charge in [-0.3, -0.25) is 4.79 Å². The van der Waals surface area contributed by atoms with Gasteiger partial charge in [0.25, 0.3) is 0 Å². The standard InChI is InChI=1S/C9H20O2Si/c1-6-11-9(10)7-12(4,5)8(2)3/h8H,6-7H2,1-5H3. The highest BCUT2D eigenvalue weighted by atomic mass is 28.3. The summed E-state index contributed by atoms with van der Waals surface area (Å²) in [6, 6.07) is 0.651. The Morgan fingerprint density at radius 3 is 2.25 bits per heavy atom. The lowest BCUT2D eigenvalue weighted by Crippen LogP contribution is -2.32. The van der Waals surface area contributed by atoms with Gasteiger partial charge in [0.05, 0.1) is 14.7 Å². The second-order valence-electron chi connectivity index (χ2n) is 4.13. The van der Waals surface area contributed by atoms with Crippen LogP contribution in [-0.4, -0.2) is 20.7 Å². The van der Waals surface area contributed by atoms with Crippen molar-refractivity contribution in [1.82, 2.24) is 0 Å². The molecular weight excluding hydrogens is 168 g/mol. The second-order valence-corrected chi connectivity index (χ2v) is 9.61. The van der Waals surface area contributed by atoms with E-state index < -0.39 is 8.07 Å². The molecule has 0 aliphatic rings. The average Bonchev–Trinajstić information content (AvgIpc) is 1.85. The molecule has 0 saturated heterocycles. The van der Waals surface area contributed by atoms with Crippen LogP contribution in [0.5, 0.6) is 0 Å². The maximum absolute atomic E-state index is 11.2. The molecule has 2 nitrogen and oxygen atoms in total. The molecule has 12 heavy (non-hydrogen) atoms. The first-order valence-corrected chi connectivity index (χ1v) is 7.84. The fourth-order valence-electron chi connectivity index (χ4n) is 0.788. The summed E-state index contributed by atoms with van der Waals surface area (Å²) in [6.07, 6.45) is 0. The number of hydrogen-bond acceptors (Lipinski definition) is 2. The van der Waals surface area contributed by atoms with Crippen molar-refractivity contribution in [2.75, 3.05) is 6.61 Å². The van der Waals surface area contributed by atoms with Gasteiger partial charge in [-0.05, 0) is 6.92 Å². The van der Waals surface area contributed by atoms with Gasteiger partial charge in [0.15, 0.2) is 0 Å². The molecular formula is C9H20O2Si. The van der Waals surface area contributed by atoms with Crippen molar-refractivity contribution in [3.05, 3.63) is 0 Å². The molecule has 0 rings (SSSR count). The number of ether oxygens (including phenoxy) is 1. The number of carbonyl (C=O) groups excluding carboxylic acids is 1. The highest BCUT2D eigenvalue weighted by Gasteiger charge is 2.28. The maximum atomic E-state index is 11.2. The normalized spacial score (nSPS) is 11.8. The quantitative estimate of drug-likeness (QED) is 0.501. The summed E-state index contributed by atoms with van der Waals surface area (Å²) in [4.78, 5) is 11.2. The Kier molecular flexibility index (Phi) is 4.53. The van der Waals surface area contributed by atoms with Crippen molar-refractivity contribution in [1.29, 1.82) is 0 Å². The lowest BCUT2D eigenvalue weighted by Gasteiger charge is -2.25. The molecule has 0 aromatic carbocycles. The molecule has 0 atom stereocenters. The summed E-state index contributed by atoms with van der Waals surface area (Å²) in [5.74, 6) is -0.0251. The van der Waals surface area contributed by atoms with Crippen LogP contribution in [0.3, 0.4) is 0 Å². The van der Waals surface area contributed by atoms with Crippen molar-refractivity contribution in [3.63, 3.8) is 0 Å². The molecule has 0 unspecified atom stereocenters. The van der Waals surface area contributed by atoms with Gasteiger partial charge in [-0.15, -0.1) is 0 Å². The zero-order chi connectivity index (χ0) is 9.78. The van der Waals surface area contributed by atoms with Crippen molar-refractivity contribution in [2.45, 2.75) is 45.5 Å². The Labute approximate surface area is 76.3 Å². The molecule has 0 aliphatic carbocycles. The van der Waals surface area contributed by atoms with Gasteiger partial charge in [0.1, 0.15) is 0 Å². The monoisotopic (exact) mass is 188 g/mol. The first kappa shape index (κ1) is 11.7.